The van der Waals surface area contributed by atoms with Gasteiger partial charge in [0.25, 0.3) is 0 Å². The Labute approximate surface area is 222 Å². The zero-order valence-electron chi connectivity index (χ0n) is 22.2. The molecule has 2 fully saturated rings. The molecular formula is C29H36N2O5S. The number of carbonyl (C=O) groups excluding carboxylic acids is 2. The lowest BCUT2D eigenvalue weighted by Gasteiger charge is -2.39. The van der Waals surface area contributed by atoms with Gasteiger partial charge in [0.2, 0.25) is 0 Å². The molecule has 0 saturated carbocycles. The van der Waals surface area contributed by atoms with Crippen LogP contribution in [-0.2, 0) is 27.1 Å². The Morgan fingerprint density at radius 3 is 1.49 bits per heavy atom. The molecule has 2 aromatic rings. The third-order valence-electron chi connectivity index (χ3n) is 8.14. The van der Waals surface area contributed by atoms with Gasteiger partial charge in [0.15, 0.2) is 21.4 Å². The number of rotatable bonds is 6. The van der Waals surface area contributed by atoms with Crippen molar-refractivity contribution in [2.45, 2.75) is 55.0 Å². The van der Waals surface area contributed by atoms with Crippen molar-refractivity contribution < 1.29 is 23.6 Å². The first kappa shape index (κ1) is 26.5. The van der Waals surface area contributed by atoms with Crippen LogP contribution in [0.15, 0.2) is 46.2 Å². The number of hydrogen-bond donors (Lipinski definition) is 0. The summed E-state index contributed by atoms with van der Waals surface area (Å²) in [4.78, 5) is 32.9. The van der Waals surface area contributed by atoms with Crippen molar-refractivity contribution in [1.29, 1.82) is 0 Å². The van der Waals surface area contributed by atoms with Crippen LogP contribution in [0.5, 0.6) is 0 Å². The lowest BCUT2D eigenvalue weighted by Crippen LogP contribution is -2.54. The molecular weight excluding hydrogens is 488 g/mol. The average Bonchev–Trinajstić information content (AvgIpc) is 2.92. The summed E-state index contributed by atoms with van der Waals surface area (Å²) in [5.41, 5.74) is 1.69. The van der Waals surface area contributed by atoms with Crippen LogP contribution in [-0.4, -0.2) is 89.6 Å². The number of carbonyl (C=O) groups is 2. The smallest absolute Gasteiger partial charge is 0.182 e. The summed E-state index contributed by atoms with van der Waals surface area (Å²) < 4.78 is 24.4. The summed E-state index contributed by atoms with van der Waals surface area (Å²) in [6, 6.07) is 11.1. The van der Waals surface area contributed by atoms with Crippen LogP contribution in [0.1, 0.15) is 59.5 Å². The van der Waals surface area contributed by atoms with E-state index in [1.807, 2.05) is 52.0 Å². The highest BCUT2D eigenvalue weighted by molar-refractivity contribution is 7.91. The quantitative estimate of drug-likeness (QED) is 0.423. The number of benzene rings is 2. The topological polar surface area (TPSA) is 82.1 Å². The fraction of sp³-hybridized carbons (Fsp3) is 0.517. The second kappa shape index (κ2) is 10.2. The van der Waals surface area contributed by atoms with E-state index in [9.17, 15) is 14.1 Å². The lowest BCUT2D eigenvalue weighted by atomic mass is 9.88. The number of nitrogens with zero attached hydrogens (tertiary/aromatic N) is 2. The first-order chi connectivity index (χ1) is 17.6. The molecule has 3 aliphatic rings. The fourth-order valence-corrected chi connectivity index (χ4v) is 7.00. The van der Waals surface area contributed by atoms with Gasteiger partial charge in [-0.3, -0.25) is 19.4 Å². The zero-order valence-corrected chi connectivity index (χ0v) is 23.0. The van der Waals surface area contributed by atoms with Crippen molar-refractivity contribution in [3.8, 4) is 0 Å². The monoisotopic (exact) mass is 524 g/mol. The molecule has 2 aromatic carbocycles. The molecule has 0 amide bonds. The van der Waals surface area contributed by atoms with Gasteiger partial charge in [0.1, 0.15) is 0 Å². The zero-order chi connectivity index (χ0) is 26.4. The van der Waals surface area contributed by atoms with Crippen molar-refractivity contribution in [2.75, 3.05) is 52.6 Å². The SMILES string of the molecule is CC(C)(C(=O)c1ccc2c(c1)Cc1cc(C(=O)C(C)(C)N3CCOCC3)ccc1[S+]2[O-])N1CCOCC1. The van der Waals surface area contributed by atoms with E-state index in [1.165, 1.54) is 0 Å². The number of hydrogen-bond acceptors (Lipinski definition) is 7. The Hall–Kier alpha value is -2.07. The van der Waals surface area contributed by atoms with Crippen molar-refractivity contribution in [3.05, 3.63) is 58.7 Å². The summed E-state index contributed by atoms with van der Waals surface area (Å²) >= 11 is -1.36. The van der Waals surface area contributed by atoms with E-state index in [4.69, 9.17) is 9.47 Å². The molecule has 198 valence electrons. The standard InChI is InChI=1S/C29H36N2O5S/c1-28(2,30-9-13-35-14-10-30)26(32)20-5-7-24-22(17-20)19-23-18-21(6-8-25(23)37(24)34)27(33)29(3,4)31-11-15-36-16-12-31/h5-8,17-18H,9-16,19H2,1-4H3. The maximum Gasteiger partial charge on any atom is 0.182 e. The minimum absolute atomic E-state index is 0.0463. The summed E-state index contributed by atoms with van der Waals surface area (Å²) in [6.07, 6.45) is 0.536. The minimum Gasteiger partial charge on any atom is -0.606 e. The molecule has 0 atom stereocenters. The average molecular weight is 525 g/mol. The van der Waals surface area contributed by atoms with Gasteiger partial charge in [-0.2, -0.15) is 0 Å². The highest BCUT2D eigenvalue weighted by atomic mass is 32.2. The summed E-state index contributed by atoms with van der Waals surface area (Å²) in [5.74, 6) is 0.0925. The van der Waals surface area contributed by atoms with Crippen molar-refractivity contribution in [2.24, 2.45) is 0 Å². The number of morpholine rings is 2. The number of ether oxygens (including phenoxy) is 2. The number of ketones is 2. The van der Waals surface area contributed by atoms with Gasteiger partial charge in [-0.15, -0.1) is 0 Å². The van der Waals surface area contributed by atoms with E-state index in [0.717, 1.165) is 47.1 Å². The Kier molecular flexibility index (Phi) is 7.35. The first-order valence-corrected chi connectivity index (χ1v) is 14.2. The van der Waals surface area contributed by atoms with Gasteiger partial charge in [-0.1, -0.05) is 0 Å². The van der Waals surface area contributed by atoms with Crippen LogP contribution in [0.4, 0.5) is 0 Å². The Morgan fingerprint density at radius 2 is 1.11 bits per heavy atom. The maximum atomic E-state index is 13.6. The lowest BCUT2D eigenvalue weighted by molar-refractivity contribution is -0.00442. The van der Waals surface area contributed by atoms with Crippen LogP contribution in [0.3, 0.4) is 0 Å². The van der Waals surface area contributed by atoms with Gasteiger partial charge in [-0.25, -0.2) is 0 Å². The molecule has 3 aliphatic heterocycles. The van der Waals surface area contributed by atoms with Crippen LogP contribution < -0.4 is 0 Å². The second-order valence-corrected chi connectivity index (χ2v) is 12.5. The van der Waals surface area contributed by atoms with E-state index in [2.05, 4.69) is 9.80 Å². The molecule has 0 N–H and O–H groups in total. The maximum absolute atomic E-state index is 13.6. The van der Waals surface area contributed by atoms with E-state index < -0.39 is 22.3 Å². The molecule has 0 bridgehead atoms. The first-order valence-electron chi connectivity index (χ1n) is 13.0. The van der Waals surface area contributed by atoms with Crippen LogP contribution in [0.25, 0.3) is 0 Å². The van der Waals surface area contributed by atoms with Gasteiger partial charge >= 0.3 is 0 Å². The normalized spacial score (nSPS) is 19.8. The highest BCUT2D eigenvalue weighted by Gasteiger charge is 2.39. The van der Waals surface area contributed by atoms with Crippen molar-refractivity contribution >= 4 is 22.7 Å². The van der Waals surface area contributed by atoms with Crippen LogP contribution in [0.2, 0.25) is 0 Å². The predicted octanol–water partition coefficient (Wildman–Crippen LogP) is 3.34. The Bertz CT molecular complexity index is 1110. The third kappa shape index (κ3) is 4.91. The minimum atomic E-state index is -1.36. The van der Waals surface area contributed by atoms with Gasteiger partial charge < -0.3 is 14.0 Å². The van der Waals surface area contributed by atoms with Crippen molar-refractivity contribution in [1.82, 2.24) is 9.80 Å². The van der Waals surface area contributed by atoms with Gasteiger partial charge in [-0.05, 0) is 64.1 Å². The number of Topliss-reactive ketones (excluding diaryl/α,β-unsaturated/α-hetero) is 2. The Morgan fingerprint density at radius 1 is 0.730 bits per heavy atom. The molecule has 0 unspecified atom stereocenters. The Balaban J connectivity index is 1.41. The predicted molar refractivity (Wildman–Crippen MR) is 142 cm³/mol. The molecule has 3 heterocycles. The third-order valence-corrected chi connectivity index (χ3v) is 9.74. The second-order valence-electron chi connectivity index (χ2n) is 11.1. The van der Waals surface area contributed by atoms with Crippen LogP contribution >= 0.6 is 0 Å². The number of fused-ring (bicyclic) bond motifs is 2. The molecule has 5 rings (SSSR count). The fourth-order valence-electron chi connectivity index (χ4n) is 5.64. The molecule has 0 aliphatic carbocycles. The summed E-state index contributed by atoms with van der Waals surface area (Å²) in [6.45, 7) is 13.2. The molecule has 7 nitrogen and oxygen atoms in total. The van der Waals surface area contributed by atoms with Gasteiger partial charge in [0, 0.05) is 66.0 Å². The molecule has 8 heteroatoms. The van der Waals surface area contributed by atoms with E-state index in [-0.39, 0.29) is 11.6 Å². The molecule has 0 spiro atoms. The molecule has 37 heavy (non-hydrogen) atoms. The molecule has 0 radical (unpaired) electrons. The summed E-state index contributed by atoms with van der Waals surface area (Å²) in [5, 5.41) is 0. The van der Waals surface area contributed by atoms with E-state index in [0.29, 0.717) is 44.0 Å². The summed E-state index contributed by atoms with van der Waals surface area (Å²) in [7, 11) is 0. The van der Waals surface area contributed by atoms with Gasteiger partial charge in [0.05, 0.1) is 37.5 Å². The molecule has 2 saturated heterocycles. The van der Waals surface area contributed by atoms with Crippen molar-refractivity contribution in [3.63, 3.8) is 0 Å². The van der Waals surface area contributed by atoms with E-state index >= 15 is 0 Å². The highest BCUT2D eigenvalue weighted by Crippen LogP contribution is 2.37. The largest absolute Gasteiger partial charge is 0.606 e. The van der Waals surface area contributed by atoms with Crippen LogP contribution in [0, 0.1) is 0 Å². The molecule has 0 aromatic heterocycles. The van der Waals surface area contributed by atoms with E-state index in [1.54, 1.807) is 12.1 Å².